The van der Waals surface area contributed by atoms with Crippen molar-refractivity contribution in [2.45, 2.75) is 0 Å². The summed E-state index contributed by atoms with van der Waals surface area (Å²) in [6.45, 7) is 0. The zero-order chi connectivity index (χ0) is 0. The fourth-order valence-corrected chi connectivity index (χ4v) is 0. The Morgan fingerprint density at radius 2 is 0.500 bits per heavy atom. The predicted molar refractivity (Wildman–Crippen MR) is 5.81 cm³/mol. The van der Waals surface area contributed by atoms with Gasteiger partial charge in [0.15, 0.2) is 0 Å². The summed E-state index contributed by atoms with van der Waals surface area (Å²) in [5.74, 6) is 0. The molecular weight excluding hydrogens is 234 g/mol. The fourth-order valence-electron chi connectivity index (χ4n) is 0. The third-order valence-electron chi connectivity index (χ3n) is 0. The molecule has 4 heavy (non-hydrogen) atoms. The van der Waals surface area contributed by atoms with Gasteiger partial charge in [-0.15, -0.1) is 0 Å². The van der Waals surface area contributed by atoms with Crippen molar-refractivity contribution in [3.63, 3.8) is 0 Å². The molecule has 0 spiro atoms. The smallest absolute Gasteiger partial charge is 0 e. The van der Waals surface area contributed by atoms with Gasteiger partial charge in [-0.1, -0.05) is 0 Å². The van der Waals surface area contributed by atoms with E-state index in [2.05, 4.69) is 0 Å². The monoisotopic (exact) mass is 238 g/mol. The summed E-state index contributed by atoms with van der Waals surface area (Å²) in [5.41, 5.74) is 0. The van der Waals surface area contributed by atoms with Crippen LogP contribution in [0.15, 0.2) is 0 Å². The van der Waals surface area contributed by atoms with Gasteiger partial charge >= 0.3 is 0 Å². The minimum Gasteiger partial charge on any atom is -0.870 e. The van der Waals surface area contributed by atoms with Crippen molar-refractivity contribution in [1.82, 2.24) is 0 Å². The molecule has 1 radical (unpaired) electrons. The number of rotatable bonds is 0. The van der Waals surface area contributed by atoms with Gasteiger partial charge in [-0.25, -0.2) is 0 Å². The van der Waals surface area contributed by atoms with Crippen LogP contribution in [0.2, 0.25) is 0 Å². The Labute approximate surface area is 37.6 Å². The van der Waals surface area contributed by atoms with E-state index in [4.69, 9.17) is 0 Å². The van der Waals surface area contributed by atoms with Crippen LogP contribution in [0.4, 0.5) is 0 Å². The van der Waals surface area contributed by atoms with Crippen LogP contribution < -0.4 is 0 Å². The molecule has 0 aromatic rings. The molecule has 0 atom stereocenters. The summed E-state index contributed by atoms with van der Waals surface area (Å²) in [6, 6.07) is 0. The van der Waals surface area contributed by atoms with Crippen LogP contribution >= 0.6 is 0 Å². The second kappa shape index (κ2) is 77.8. The Kier molecular flexibility index (Phi) is 3770. The molecule has 0 aromatic heterocycles. The van der Waals surface area contributed by atoms with Crippen LogP contribution in [0.25, 0.3) is 0 Å². The Hall–Kier alpha value is 0.542. The van der Waals surface area contributed by atoms with Crippen LogP contribution in [-0.2, 0) is 20.4 Å². The Morgan fingerprint density at radius 3 is 0.500 bits per heavy atom. The molecule has 0 unspecified atom stereocenters. The topological polar surface area (TPSA) is 90.0 Å². The summed E-state index contributed by atoms with van der Waals surface area (Å²) in [5, 5.41) is 0. The van der Waals surface area contributed by atoms with Crippen molar-refractivity contribution in [1.29, 1.82) is 0 Å². The molecule has 0 aliphatic heterocycles. The molecule has 0 fully saturated rings. The zero-order valence-electron chi connectivity index (χ0n) is 1.72. The van der Waals surface area contributed by atoms with E-state index in [1.165, 1.54) is 0 Å². The molecule has 0 heterocycles. The number of hydrogen-bond donors (Lipinski definition) is 0. The summed E-state index contributed by atoms with van der Waals surface area (Å²) in [7, 11) is 0. The molecule has 0 aliphatic carbocycles. The first-order valence-electron chi connectivity index (χ1n) is 0. The maximum Gasteiger partial charge on any atom is 0 e. The molecular formula is H3O3Re-3. The summed E-state index contributed by atoms with van der Waals surface area (Å²) in [6.07, 6.45) is 0. The van der Waals surface area contributed by atoms with Crippen molar-refractivity contribution in [3.8, 4) is 0 Å². The van der Waals surface area contributed by atoms with Crippen molar-refractivity contribution >= 4 is 0 Å². The average molecular weight is 237 g/mol. The van der Waals surface area contributed by atoms with E-state index in [9.17, 15) is 0 Å². The molecule has 0 aromatic carbocycles. The summed E-state index contributed by atoms with van der Waals surface area (Å²) in [4.78, 5) is 0. The Morgan fingerprint density at radius 1 is 0.500 bits per heavy atom. The maximum atomic E-state index is 0. The molecule has 0 rings (SSSR count). The van der Waals surface area contributed by atoms with Crippen LogP contribution in [0.1, 0.15) is 0 Å². The normalized spacial score (nSPS) is 0. The Bertz CT molecular complexity index is 3.25. The number of hydrogen-bond acceptors (Lipinski definition) is 3. The largest absolute Gasteiger partial charge is 0.870 e. The van der Waals surface area contributed by atoms with Gasteiger partial charge in [-0.2, -0.15) is 0 Å². The molecule has 3 N–H and O–H groups in total. The summed E-state index contributed by atoms with van der Waals surface area (Å²) >= 11 is 0. The van der Waals surface area contributed by atoms with Crippen molar-refractivity contribution in [3.05, 3.63) is 0 Å². The first kappa shape index (κ1) is 194. The molecule has 3 nitrogen and oxygen atoms in total. The van der Waals surface area contributed by atoms with Crippen LogP contribution in [-0.4, -0.2) is 16.4 Å². The van der Waals surface area contributed by atoms with E-state index in [1.807, 2.05) is 0 Å². The van der Waals surface area contributed by atoms with Crippen molar-refractivity contribution in [2.75, 3.05) is 0 Å². The SMILES string of the molecule is [OH-].[OH-].[OH-].[Re]. The van der Waals surface area contributed by atoms with Gasteiger partial charge < -0.3 is 16.4 Å². The van der Waals surface area contributed by atoms with E-state index < -0.39 is 0 Å². The van der Waals surface area contributed by atoms with Gasteiger partial charge in [0.2, 0.25) is 0 Å². The Balaban J connectivity index is 0. The standard InChI is InChI=1S/3H2O.Re/h3*1H2;/p-3. The third kappa shape index (κ3) is 20.6. The molecule has 0 saturated heterocycles. The molecule has 0 bridgehead atoms. The second-order valence-corrected chi connectivity index (χ2v) is 0. The second-order valence-electron chi connectivity index (χ2n) is 0. The van der Waals surface area contributed by atoms with E-state index >= 15 is 0 Å². The molecule has 0 amide bonds. The molecule has 0 aliphatic rings. The van der Waals surface area contributed by atoms with E-state index in [0.717, 1.165) is 0 Å². The quantitative estimate of drug-likeness (QED) is 0.567. The maximum absolute atomic E-state index is 0. The molecule has 31 valence electrons. The van der Waals surface area contributed by atoms with Crippen molar-refractivity contribution < 1.29 is 36.9 Å². The van der Waals surface area contributed by atoms with Crippen LogP contribution in [0, 0.1) is 0 Å². The van der Waals surface area contributed by atoms with Gasteiger partial charge in [0.05, 0.1) is 0 Å². The van der Waals surface area contributed by atoms with E-state index in [0.29, 0.717) is 0 Å². The first-order valence-corrected chi connectivity index (χ1v) is 0. The molecule has 4 heteroatoms. The molecule has 0 saturated carbocycles. The third-order valence-corrected chi connectivity index (χ3v) is 0. The van der Waals surface area contributed by atoms with Gasteiger partial charge in [0, 0.05) is 20.4 Å². The fraction of sp³-hybridized carbons (Fsp3) is 0. The minimum absolute atomic E-state index is 0. The van der Waals surface area contributed by atoms with Crippen LogP contribution in [0.5, 0.6) is 0 Å². The first-order chi connectivity index (χ1) is 0. The van der Waals surface area contributed by atoms with Gasteiger partial charge in [-0.3, -0.25) is 0 Å². The van der Waals surface area contributed by atoms with Gasteiger partial charge in [-0.05, 0) is 0 Å². The van der Waals surface area contributed by atoms with Crippen molar-refractivity contribution in [2.24, 2.45) is 0 Å². The van der Waals surface area contributed by atoms with Gasteiger partial charge in [0.1, 0.15) is 0 Å². The minimum atomic E-state index is 0. The van der Waals surface area contributed by atoms with E-state index in [1.54, 1.807) is 0 Å². The predicted octanol–water partition coefficient (Wildman–Crippen LogP) is -0.533. The van der Waals surface area contributed by atoms with E-state index in [-0.39, 0.29) is 36.9 Å². The van der Waals surface area contributed by atoms with Crippen LogP contribution in [0.3, 0.4) is 0 Å². The summed E-state index contributed by atoms with van der Waals surface area (Å²) < 4.78 is 0. The average Bonchev–Trinajstić information content (AvgIpc) is 0. The van der Waals surface area contributed by atoms with Gasteiger partial charge in [0.25, 0.3) is 0 Å². The zero-order valence-corrected chi connectivity index (χ0v) is 4.44.